The van der Waals surface area contributed by atoms with Crippen LogP contribution in [0.2, 0.25) is 0 Å². The molecule has 0 radical (unpaired) electrons. The molecule has 0 unspecified atom stereocenters. The first-order valence-corrected chi connectivity index (χ1v) is 18.0. The van der Waals surface area contributed by atoms with E-state index in [1.54, 1.807) is 37.0 Å². The second kappa shape index (κ2) is 26.1. The third-order valence-corrected chi connectivity index (χ3v) is 12.2. The van der Waals surface area contributed by atoms with Crippen LogP contribution in [0, 0.1) is 0 Å². The summed E-state index contributed by atoms with van der Waals surface area (Å²) in [5.41, 5.74) is 0. The van der Waals surface area contributed by atoms with E-state index in [9.17, 15) is 0 Å². The molecule has 0 saturated carbocycles. The largest absolute Gasteiger partial charge is 0.107 e. The molecule has 0 aromatic heterocycles. The SMILES string of the molecule is CCCCCP(CCCCC)CCCCCCCCP(CCCCC)CCCCC. The lowest BCUT2D eigenvalue weighted by Crippen LogP contribution is -1.97. The van der Waals surface area contributed by atoms with E-state index in [-0.39, 0.29) is 0 Å². The van der Waals surface area contributed by atoms with Gasteiger partial charge in [0.2, 0.25) is 0 Å². The second-order valence-electron chi connectivity index (χ2n) is 9.63. The summed E-state index contributed by atoms with van der Waals surface area (Å²) in [5, 5.41) is 0. The molecule has 0 spiro atoms. The quantitative estimate of drug-likeness (QED) is 0.0942. The van der Waals surface area contributed by atoms with Gasteiger partial charge >= 0.3 is 0 Å². The zero-order valence-corrected chi connectivity index (χ0v) is 23.7. The van der Waals surface area contributed by atoms with Gasteiger partial charge in [-0.25, -0.2) is 0 Å². The van der Waals surface area contributed by atoms with Crippen molar-refractivity contribution >= 4 is 15.8 Å². The molecule has 0 heterocycles. The van der Waals surface area contributed by atoms with Crippen molar-refractivity contribution in [1.82, 2.24) is 0 Å². The highest BCUT2D eigenvalue weighted by atomic mass is 31.1. The van der Waals surface area contributed by atoms with Gasteiger partial charge in [-0.15, -0.1) is 15.8 Å². The molecule has 2 heteroatoms. The Morgan fingerprint density at radius 1 is 0.267 bits per heavy atom. The van der Waals surface area contributed by atoms with Gasteiger partial charge in [-0.3, -0.25) is 0 Å². The van der Waals surface area contributed by atoms with E-state index in [2.05, 4.69) is 27.7 Å². The average Bonchev–Trinajstić information content (AvgIpc) is 2.75. The lowest BCUT2D eigenvalue weighted by molar-refractivity contribution is 0.626. The number of hydrogen-bond acceptors (Lipinski definition) is 0. The first-order chi connectivity index (χ1) is 14.8. The fraction of sp³-hybridized carbons (Fsp3) is 1.00. The topological polar surface area (TPSA) is 0 Å². The summed E-state index contributed by atoms with van der Waals surface area (Å²) in [6.07, 6.45) is 36.0. The molecule has 182 valence electrons. The molecule has 0 aromatic carbocycles. The minimum Gasteiger partial charge on any atom is -0.107 e. The van der Waals surface area contributed by atoms with E-state index in [1.165, 1.54) is 116 Å². The van der Waals surface area contributed by atoms with Crippen molar-refractivity contribution in [2.45, 2.75) is 143 Å². The normalized spacial score (nSPS) is 11.8. The summed E-state index contributed by atoms with van der Waals surface area (Å²) in [6.45, 7) is 9.39. The standard InChI is InChI=1S/C28H60P2/c1-5-9-17-23-29(24-18-10-6-2)27-21-15-13-14-16-22-28-30(25-19-11-7-3)26-20-12-8-4/h5-28H2,1-4H3. The molecule has 0 atom stereocenters. The predicted molar refractivity (Wildman–Crippen MR) is 149 cm³/mol. The van der Waals surface area contributed by atoms with Crippen molar-refractivity contribution < 1.29 is 0 Å². The highest BCUT2D eigenvalue weighted by molar-refractivity contribution is 7.57. The number of rotatable bonds is 25. The van der Waals surface area contributed by atoms with Gasteiger partial charge in [0.05, 0.1) is 0 Å². The van der Waals surface area contributed by atoms with Crippen molar-refractivity contribution in [3.05, 3.63) is 0 Å². The smallest absolute Gasteiger partial charge is 0.0326 e. The number of hydrogen-bond donors (Lipinski definition) is 0. The van der Waals surface area contributed by atoms with Gasteiger partial charge in [0.25, 0.3) is 0 Å². The molecule has 0 fully saturated rings. The van der Waals surface area contributed by atoms with E-state index in [0.717, 1.165) is 0 Å². The Bertz CT molecular complexity index is 255. The maximum atomic E-state index is 2.35. The zero-order valence-electron chi connectivity index (χ0n) is 21.9. The second-order valence-corrected chi connectivity index (χ2v) is 15.0. The third-order valence-electron chi connectivity index (χ3n) is 6.51. The number of unbranched alkanes of at least 4 members (excludes halogenated alkanes) is 13. The molecule has 0 aliphatic carbocycles. The van der Waals surface area contributed by atoms with Crippen molar-refractivity contribution in [3.8, 4) is 0 Å². The summed E-state index contributed by atoms with van der Waals surface area (Å²) in [7, 11) is 0.734. The van der Waals surface area contributed by atoms with Gasteiger partial charge in [-0.05, 0) is 75.5 Å². The molecular weight excluding hydrogens is 398 g/mol. The van der Waals surface area contributed by atoms with Crippen molar-refractivity contribution in [3.63, 3.8) is 0 Å². The minimum absolute atomic E-state index is 0.367. The Hall–Kier alpha value is 0.860. The predicted octanol–water partition coefficient (Wildman–Crippen LogP) is 11.1. The monoisotopic (exact) mass is 458 g/mol. The first-order valence-electron chi connectivity index (χ1n) is 14.2. The maximum absolute atomic E-state index is 2.35. The van der Waals surface area contributed by atoms with Crippen LogP contribution < -0.4 is 0 Å². The van der Waals surface area contributed by atoms with Crippen LogP contribution in [0.15, 0.2) is 0 Å². The highest BCUT2D eigenvalue weighted by Gasteiger charge is 2.09. The Morgan fingerprint density at radius 3 is 0.700 bits per heavy atom. The summed E-state index contributed by atoms with van der Waals surface area (Å²) >= 11 is 0. The van der Waals surface area contributed by atoms with Gasteiger partial charge in [-0.2, -0.15) is 0 Å². The molecule has 30 heavy (non-hydrogen) atoms. The molecule has 0 aliphatic heterocycles. The molecule has 0 bridgehead atoms. The van der Waals surface area contributed by atoms with Gasteiger partial charge < -0.3 is 0 Å². The fourth-order valence-electron chi connectivity index (χ4n) is 4.39. The Morgan fingerprint density at radius 2 is 0.467 bits per heavy atom. The van der Waals surface area contributed by atoms with Crippen LogP contribution in [0.3, 0.4) is 0 Å². The van der Waals surface area contributed by atoms with E-state index < -0.39 is 0 Å². The Kier molecular flexibility index (Phi) is 26.9. The van der Waals surface area contributed by atoms with E-state index in [0.29, 0.717) is 15.8 Å². The minimum atomic E-state index is 0.367. The molecule has 0 amide bonds. The maximum Gasteiger partial charge on any atom is -0.0326 e. The van der Waals surface area contributed by atoms with E-state index in [4.69, 9.17) is 0 Å². The summed E-state index contributed by atoms with van der Waals surface area (Å²) in [6, 6.07) is 0. The van der Waals surface area contributed by atoms with E-state index >= 15 is 0 Å². The Balaban J connectivity index is 3.79. The average molecular weight is 459 g/mol. The van der Waals surface area contributed by atoms with Crippen LogP contribution in [-0.4, -0.2) is 37.0 Å². The Labute approximate surface area is 196 Å². The van der Waals surface area contributed by atoms with Gasteiger partial charge in [0.1, 0.15) is 0 Å². The van der Waals surface area contributed by atoms with Crippen molar-refractivity contribution in [1.29, 1.82) is 0 Å². The molecular formula is C28H60P2. The van der Waals surface area contributed by atoms with Crippen LogP contribution in [0.25, 0.3) is 0 Å². The first kappa shape index (κ1) is 30.9. The zero-order chi connectivity index (χ0) is 22.1. The molecule has 0 N–H and O–H groups in total. The lowest BCUT2D eigenvalue weighted by atomic mass is 10.1. The van der Waals surface area contributed by atoms with Gasteiger partial charge in [0.15, 0.2) is 0 Å². The van der Waals surface area contributed by atoms with Crippen molar-refractivity contribution in [2.24, 2.45) is 0 Å². The highest BCUT2D eigenvalue weighted by Crippen LogP contribution is 2.40. The summed E-state index contributed by atoms with van der Waals surface area (Å²) < 4.78 is 0. The van der Waals surface area contributed by atoms with Gasteiger partial charge in [0, 0.05) is 0 Å². The van der Waals surface area contributed by atoms with Crippen LogP contribution >= 0.6 is 15.8 Å². The molecule has 0 nitrogen and oxygen atoms in total. The summed E-state index contributed by atoms with van der Waals surface area (Å²) in [4.78, 5) is 0. The molecule has 0 saturated heterocycles. The third kappa shape index (κ3) is 22.1. The van der Waals surface area contributed by atoms with Crippen molar-refractivity contribution in [2.75, 3.05) is 37.0 Å². The summed E-state index contributed by atoms with van der Waals surface area (Å²) in [5.74, 6) is 0. The fourth-order valence-corrected chi connectivity index (χ4v) is 9.76. The van der Waals surface area contributed by atoms with E-state index in [1.807, 2.05) is 0 Å². The molecule has 0 rings (SSSR count). The van der Waals surface area contributed by atoms with Crippen LogP contribution in [0.5, 0.6) is 0 Å². The van der Waals surface area contributed by atoms with Crippen LogP contribution in [0.1, 0.15) is 143 Å². The van der Waals surface area contributed by atoms with Crippen LogP contribution in [-0.2, 0) is 0 Å². The molecule has 0 aliphatic rings. The van der Waals surface area contributed by atoms with Gasteiger partial charge in [-0.1, -0.05) is 105 Å². The lowest BCUT2D eigenvalue weighted by Gasteiger charge is -2.18. The molecule has 0 aromatic rings. The van der Waals surface area contributed by atoms with Crippen LogP contribution in [0.4, 0.5) is 0 Å².